The van der Waals surface area contributed by atoms with Crippen LogP contribution >= 0.6 is 23.2 Å². The van der Waals surface area contributed by atoms with E-state index in [1.807, 2.05) is 24.0 Å². The van der Waals surface area contributed by atoms with Gasteiger partial charge in [-0.3, -0.25) is 0 Å². The number of carbonyl (C=O) groups is 1. The van der Waals surface area contributed by atoms with Gasteiger partial charge in [-0.25, -0.2) is 4.79 Å². The maximum atomic E-state index is 11.4. The van der Waals surface area contributed by atoms with Crippen LogP contribution in [0.5, 0.6) is 0 Å². The molecule has 0 heterocycles. The van der Waals surface area contributed by atoms with Crippen molar-refractivity contribution >= 4 is 34.9 Å². The van der Waals surface area contributed by atoms with Crippen LogP contribution in [-0.4, -0.2) is 42.0 Å². The first-order valence-electron chi connectivity index (χ1n) is 6.48. The summed E-state index contributed by atoms with van der Waals surface area (Å²) >= 11 is 11.5. The molecule has 0 radical (unpaired) electrons. The molecule has 3 N–H and O–H groups in total. The molecular formula is C14H20Cl2N2O2. The second kappa shape index (κ2) is 8.35. The van der Waals surface area contributed by atoms with Crippen molar-refractivity contribution in [1.29, 1.82) is 0 Å². The molecule has 0 spiro atoms. The van der Waals surface area contributed by atoms with Crippen molar-refractivity contribution in [3.63, 3.8) is 0 Å². The minimum atomic E-state index is -0.945. The van der Waals surface area contributed by atoms with Crippen molar-refractivity contribution in [1.82, 2.24) is 0 Å². The summed E-state index contributed by atoms with van der Waals surface area (Å²) in [5.41, 5.74) is 7.59. The Kier molecular flexibility index (Phi) is 7.13. The predicted molar refractivity (Wildman–Crippen MR) is 84.4 cm³/mol. The van der Waals surface area contributed by atoms with E-state index in [1.54, 1.807) is 6.07 Å². The summed E-state index contributed by atoms with van der Waals surface area (Å²) in [5, 5.41) is 9.33. The number of halogens is 2. The van der Waals surface area contributed by atoms with E-state index in [9.17, 15) is 9.90 Å². The Morgan fingerprint density at radius 3 is 2.40 bits per heavy atom. The Bertz CT molecular complexity index is 447. The van der Waals surface area contributed by atoms with Gasteiger partial charge in [0.1, 0.15) is 0 Å². The van der Waals surface area contributed by atoms with Crippen LogP contribution in [0.2, 0.25) is 0 Å². The van der Waals surface area contributed by atoms with Crippen LogP contribution in [0.15, 0.2) is 18.2 Å². The fraction of sp³-hybridized carbons (Fsp3) is 0.500. The third kappa shape index (κ3) is 4.85. The normalized spacial score (nSPS) is 12.2. The summed E-state index contributed by atoms with van der Waals surface area (Å²) in [6, 6.07) is 5.29. The molecule has 1 aromatic carbocycles. The smallest absolute Gasteiger partial charge is 0.336 e. The van der Waals surface area contributed by atoms with Gasteiger partial charge in [0.05, 0.1) is 5.56 Å². The summed E-state index contributed by atoms with van der Waals surface area (Å²) in [4.78, 5) is 13.4. The van der Waals surface area contributed by atoms with Crippen molar-refractivity contribution in [2.24, 2.45) is 5.73 Å². The van der Waals surface area contributed by atoms with Gasteiger partial charge < -0.3 is 15.7 Å². The predicted octanol–water partition coefficient (Wildman–Crippen LogP) is 2.56. The molecule has 0 unspecified atom stereocenters. The molecule has 0 saturated carbocycles. The van der Waals surface area contributed by atoms with Crippen LogP contribution < -0.4 is 10.6 Å². The van der Waals surface area contributed by atoms with E-state index < -0.39 is 5.97 Å². The molecule has 1 rings (SSSR count). The van der Waals surface area contributed by atoms with Gasteiger partial charge in [0.15, 0.2) is 0 Å². The quantitative estimate of drug-likeness (QED) is 0.723. The Balaban J connectivity index is 3.10. The molecule has 0 aliphatic heterocycles. The number of nitrogens with two attached hydrogens (primary N) is 1. The van der Waals surface area contributed by atoms with Crippen molar-refractivity contribution in [3.05, 3.63) is 29.3 Å². The lowest BCUT2D eigenvalue weighted by atomic mass is 10.00. The van der Waals surface area contributed by atoms with E-state index in [0.29, 0.717) is 31.3 Å². The molecule has 4 nitrogen and oxygen atoms in total. The summed E-state index contributed by atoms with van der Waals surface area (Å²) in [6.07, 6.45) is 0.535. The molecule has 6 heteroatoms. The van der Waals surface area contributed by atoms with E-state index >= 15 is 0 Å². The van der Waals surface area contributed by atoms with Crippen LogP contribution in [0, 0.1) is 0 Å². The van der Waals surface area contributed by atoms with Gasteiger partial charge in [-0.05, 0) is 31.0 Å². The number of carboxylic acid groups (broad SMARTS) is 1. The molecule has 0 bridgehead atoms. The molecule has 0 aromatic heterocycles. The first kappa shape index (κ1) is 17.1. The van der Waals surface area contributed by atoms with Crippen LogP contribution in [-0.2, 0) is 6.42 Å². The molecule has 0 aliphatic rings. The molecule has 1 aromatic rings. The van der Waals surface area contributed by atoms with Gasteiger partial charge >= 0.3 is 5.97 Å². The van der Waals surface area contributed by atoms with E-state index in [0.717, 1.165) is 11.3 Å². The lowest BCUT2D eigenvalue weighted by molar-refractivity contribution is 0.0695. The highest BCUT2D eigenvalue weighted by Gasteiger charge is 2.14. The Hall–Kier alpha value is -0.970. The lowest BCUT2D eigenvalue weighted by Gasteiger charge is -2.24. The molecule has 0 aliphatic carbocycles. The van der Waals surface area contributed by atoms with Crippen molar-refractivity contribution in [2.75, 3.05) is 29.7 Å². The SMILES string of the molecule is C[C@@H](N)Cc1ccc(N(CCCl)CCCl)cc1C(=O)O. The highest BCUT2D eigenvalue weighted by atomic mass is 35.5. The number of alkyl halides is 2. The standard InChI is InChI=1S/C14H20Cl2N2O2/c1-10(17)8-11-2-3-12(9-13(11)14(19)20)18(6-4-15)7-5-16/h2-3,9-10H,4-8,17H2,1H3,(H,19,20)/t10-/m1/s1. The van der Waals surface area contributed by atoms with Gasteiger partial charge in [-0.1, -0.05) is 6.07 Å². The van der Waals surface area contributed by atoms with Crippen molar-refractivity contribution in [2.45, 2.75) is 19.4 Å². The van der Waals surface area contributed by atoms with E-state index in [1.165, 1.54) is 0 Å². The summed E-state index contributed by atoms with van der Waals surface area (Å²) in [7, 11) is 0. The van der Waals surface area contributed by atoms with E-state index in [2.05, 4.69) is 0 Å². The summed E-state index contributed by atoms with van der Waals surface area (Å²) in [5.74, 6) is -0.0268. The second-order valence-electron chi connectivity index (χ2n) is 4.69. The zero-order chi connectivity index (χ0) is 15.1. The summed E-state index contributed by atoms with van der Waals surface area (Å²) in [6.45, 7) is 3.10. The molecule has 1 atom stereocenters. The van der Waals surface area contributed by atoms with Crippen LogP contribution in [0.3, 0.4) is 0 Å². The molecule has 0 amide bonds. The number of anilines is 1. The second-order valence-corrected chi connectivity index (χ2v) is 5.45. The molecule has 20 heavy (non-hydrogen) atoms. The average molecular weight is 319 g/mol. The monoisotopic (exact) mass is 318 g/mol. The highest BCUT2D eigenvalue weighted by Crippen LogP contribution is 2.21. The van der Waals surface area contributed by atoms with Crippen molar-refractivity contribution < 1.29 is 9.90 Å². The average Bonchev–Trinajstić information content (AvgIpc) is 2.38. The Labute approximate surface area is 129 Å². The maximum Gasteiger partial charge on any atom is 0.336 e. The number of nitrogens with zero attached hydrogens (tertiary/aromatic N) is 1. The topological polar surface area (TPSA) is 66.6 Å². The van der Waals surface area contributed by atoms with Crippen molar-refractivity contribution in [3.8, 4) is 0 Å². The zero-order valence-electron chi connectivity index (χ0n) is 11.5. The largest absolute Gasteiger partial charge is 0.478 e. The van der Waals surface area contributed by atoms with Gasteiger partial charge in [-0.2, -0.15) is 0 Å². The van der Waals surface area contributed by atoms with Gasteiger partial charge in [-0.15, -0.1) is 23.2 Å². The fourth-order valence-corrected chi connectivity index (χ4v) is 2.47. The third-order valence-electron chi connectivity index (χ3n) is 2.94. The van der Waals surface area contributed by atoms with Crippen LogP contribution in [0.1, 0.15) is 22.8 Å². The minimum Gasteiger partial charge on any atom is -0.478 e. The zero-order valence-corrected chi connectivity index (χ0v) is 13.0. The van der Waals surface area contributed by atoms with Crippen LogP contribution in [0.25, 0.3) is 0 Å². The first-order chi connectivity index (χ1) is 9.49. The third-order valence-corrected chi connectivity index (χ3v) is 3.28. The van der Waals surface area contributed by atoms with Gasteiger partial charge in [0, 0.05) is 36.6 Å². The molecule has 0 fully saturated rings. The number of hydrogen-bond donors (Lipinski definition) is 2. The fourth-order valence-electron chi connectivity index (χ4n) is 2.06. The summed E-state index contributed by atoms with van der Waals surface area (Å²) < 4.78 is 0. The van der Waals surface area contributed by atoms with Gasteiger partial charge in [0.2, 0.25) is 0 Å². The highest BCUT2D eigenvalue weighted by molar-refractivity contribution is 6.18. The number of rotatable bonds is 8. The molecular weight excluding hydrogens is 299 g/mol. The van der Waals surface area contributed by atoms with Crippen LogP contribution in [0.4, 0.5) is 5.69 Å². The van der Waals surface area contributed by atoms with E-state index in [4.69, 9.17) is 28.9 Å². The lowest BCUT2D eigenvalue weighted by Crippen LogP contribution is -2.28. The number of benzene rings is 1. The first-order valence-corrected chi connectivity index (χ1v) is 7.55. The number of hydrogen-bond acceptors (Lipinski definition) is 3. The van der Waals surface area contributed by atoms with Gasteiger partial charge in [0.25, 0.3) is 0 Å². The minimum absolute atomic E-state index is 0.0827. The Morgan fingerprint density at radius 2 is 1.95 bits per heavy atom. The maximum absolute atomic E-state index is 11.4. The number of carboxylic acids is 1. The molecule has 112 valence electrons. The number of aromatic carboxylic acids is 1. The molecule has 0 saturated heterocycles. The Morgan fingerprint density at radius 1 is 1.35 bits per heavy atom. The van der Waals surface area contributed by atoms with E-state index in [-0.39, 0.29) is 11.6 Å².